The van der Waals surface area contributed by atoms with Crippen LogP contribution in [0.25, 0.3) is 0 Å². The van der Waals surface area contributed by atoms with Crippen LogP contribution in [0.3, 0.4) is 0 Å². The molecule has 1 aliphatic rings. The number of hydrogen-bond acceptors (Lipinski definition) is 2. The molecule has 0 spiro atoms. The third-order valence-corrected chi connectivity index (χ3v) is 3.10. The first-order valence-corrected chi connectivity index (χ1v) is 5.75. The molecule has 5 heteroatoms. The van der Waals surface area contributed by atoms with E-state index in [0.717, 1.165) is 5.56 Å². The van der Waals surface area contributed by atoms with Gasteiger partial charge in [0, 0.05) is 17.1 Å². The van der Waals surface area contributed by atoms with Crippen molar-refractivity contribution in [1.29, 1.82) is 0 Å². The van der Waals surface area contributed by atoms with Gasteiger partial charge in [0.05, 0.1) is 6.42 Å². The smallest absolute Gasteiger partial charge is 0.303 e. The van der Waals surface area contributed by atoms with E-state index in [2.05, 4.69) is 5.32 Å². The number of aliphatic carboxylic acids is 1. The molecule has 0 aliphatic carbocycles. The first-order chi connectivity index (χ1) is 8.06. The molecular formula is C12H12ClNO3. The van der Waals surface area contributed by atoms with Crippen LogP contribution in [0.4, 0.5) is 5.69 Å². The molecule has 2 rings (SSSR count). The molecule has 0 radical (unpaired) electrons. The second kappa shape index (κ2) is 4.75. The van der Waals surface area contributed by atoms with E-state index < -0.39 is 5.97 Å². The normalized spacial score (nSPS) is 19.1. The highest BCUT2D eigenvalue weighted by atomic mass is 35.5. The molecule has 1 aliphatic heterocycles. The molecule has 1 amide bonds. The fraction of sp³-hybridized carbons (Fsp3) is 0.333. The van der Waals surface area contributed by atoms with E-state index in [9.17, 15) is 9.59 Å². The van der Waals surface area contributed by atoms with Crippen molar-refractivity contribution in [3.63, 3.8) is 0 Å². The average molecular weight is 254 g/mol. The Morgan fingerprint density at radius 3 is 3.00 bits per heavy atom. The third-order valence-electron chi connectivity index (χ3n) is 2.87. The molecule has 0 fully saturated rings. The molecule has 90 valence electrons. The number of carboxylic acids is 1. The Kier molecular flexibility index (Phi) is 3.33. The molecule has 0 saturated carbocycles. The molecule has 0 aromatic heterocycles. The van der Waals surface area contributed by atoms with Gasteiger partial charge >= 0.3 is 5.97 Å². The summed E-state index contributed by atoms with van der Waals surface area (Å²) in [4.78, 5) is 22.3. The van der Waals surface area contributed by atoms with Crippen LogP contribution < -0.4 is 5.32 Å². The summed E-state index contributed by atoms with van der Waals surface area (Å²) in [6, 6.07) is 5.13. The zero-order valence-corrected chi connectivity index (χ0v) is 9.83. The number of amides is 1. The van der Waals surface area contributed by atoms with Crippen LogP contribution in [0.5, 0.6) is 0 Å². The van der Waals surface area contributed by atoms with Gasteiger partial charge in [-0.1, -0.05) is 11.6 Å². The van der Waals surface area contributed by atoms with Crippen molar-refractivity contribution in [2.45, 2.75) is 25.2 Å². The van der Waals surface area contributed by atoms with Crippen LogP contribution in [0.2, 0.25) is 5.02 Å². The Balaban J connectivity index is 2.40. The first kappa shape index (κ1) is 11.9. The molecule has 17 heavy (non-hydrogen) atoms. The number of carbonyl (C=O) groups is 2. The van der Waals surface area contributed by atoms with Crippen molar-refractivity contribution in [2.75, 3.05) is 5.32 Å². The predicted octanol–water partition coefficient (Wildman–Crippen LogP) is 2.63. The maximum absolute atomic E-state index is 11.5. The number of benzene rings is 1. The summed E-state index contributed by atoms with van der Waals surface area (Å²) in [6.45, 7) is 0. The lowest BCUT2D eigenvalue weighted by Crippen LogP contribution is -2.08. The molecule has 1 aromatic carbocycles. The fourth-order valence-electron chi connectivity index (χ4n) is 2.08. The van der Waals surface area contributed by atoms with Crippen LogP contribution in [-0.4, -0.2) is 17.0 Å². The van der Waals surface area contributed by atoms with Crippen molar-refractivity contribution in [2.24, 2.45) is 0 Å². The lowest BCUT2D eigenvalue weighted by molar-refractivity contribution is -0.137. The topological polar surface area (TPSA) is 66.4 Å². The summed E-state index contributed by atoms with van der Waals surface area (Å²) >= 11 is 5.91. The van der Waals surface area contributed by atoms with E-state index in [1.807, 2.05) is 0 Å². The van der Waals surface area contributed by atoms with Crippen molar-refractivity contribution >= 4 is 29.2 Å². The van der Waals surface area contributed by atoms with Crippen molar-refractivity contribution in [3.05, 3.63) is 28.8 Å². The summed E-state index contributed by atoms with van der Waals surface area (Å²) in [6.07, 6.45) is 0.887. The van der Waals surface area contributed by atoms with Gasteiger partial charge in [-0.05, 0) is 36.1 Å². The Morgan fingerprint density at radius 1 is 1.53 bits per heavy atom. The Morgan fingerprint density at radius 2 is 2.29 bits per heavy atom. The predicted molar refractivity (Wildman–Crippen MR) is 64.3 cm³/mol. The minimum atomic E-state index is -0.865. The standard InChI is InChI=1S/C12H12ClNO3/c13-8-2-3-10-9(6-8)7(5-12(16)17)1-4-11(15)14-10/h2-3,6-7H,1,4-5H2,(H,14,15)(H,16,17). The summed E-state index contributed by atoms with van der Waals surface area (Å²) in [7, 11) is 0. The lowest BCUT2D eigenvalue weighted by Gasteiger charge is -2.15. The Hall–Kier alpha value is -1.55. The van der Waals surface area contributed by atoms with Gasteiger partial charge in [0.25, 0.3) is 0 Å². The number of rotatable bonds is 2. The van der Waals surface area contributed by atoms with Gasteiger partial charge < -0.3 is 10.4 Å². The molecule has 1 aromatic rings. The minimum absolute atomic E-state index is 0.0162. The Bertz CT molecular complexity index is 473. The van der Waals surface area contributed by atoms with Crippen molar-refractivity contribution in [3.8, 4) is 0 Å². The van der Waals surface area contributed by atoms with Crippen LogP contribution in [0.1, 0.15) is 30.7 Å². The maximum atomic E-state index is 11.5. The SMILES string of the molecule is O=C(O)CC1CCC(=O)Nc2ccc(Cl)cc21. The number of nitrogens with one attached hydrogen (secondary N) is 1. The minimum Gasteiger partial charge on any atom is -0.481 e. The van der Waals surface area contributed by atoms with Crippen LogP contribution in [-0.2, 0) is 9.59 Å². The number of carbonyl (C=O) groups excluding carboxylic acids is 1. The van der Waals surface area contributed by atoms with Crippen LogP contribution in [0, 0.1) is 0 Å². The largest absolute Gasteiger partial charge is 0.481 e. The summed E-state index contributed by atoms with van der Waals surface area (Å²) in [5, 5.41) is 12.2. The number of halogens is 1. The average Bonchev–Trinajstić information content (AvgIpc) is 2.39. The molecular weight excluding hydrogens is 242 g/mol. The van der Waals surface area contributed by atoms with Crippen LogP contribution >= 0.6 is 11.6 Å². The number of anilines is 1. The second-order valence-corrected chi connectivity index (χ2v) is 4.55. The fourth-order valence-corrected chi connectivity index (χ4v) is 2.26. The Labute approximate surface area is 104 Å². The molecule has 0 bridgehead atoms. The second-order valence-electron chi connectivity index (χ2n) is 4.11. The van der Waals surface area contributed by atoms with Gasteiger partial charge in [-0.25, -0.2) is 0 Å². The molecule has 1 atom stereocenters. The van der Waals surface area contributed by atoms with E-state index >= 15 is 0 Å². The highest BCUT2D eigenvalue weighted by Crippen LogP contribution is 2.35. The zero-order chi connectivity index (χ0) is 12.4. The number of carboxylic acid groups (broad SMARTS) is 1. The third kappa shape index (κ3) is 2.77. The summed E-state index contributed by atoms with van der Waals surface area (Å²) < 4.78 is 0. The van der Waals surface area contributed by atoms with Gasteiger partial charge in [-0.15, -0.1) is 0 Å². The van der Waals surface area contributed by atoms with E-state index in [4.69, 9.17) is 16.7 Å². The van der Waals surface area contributed by atoms with E-state index in [1.54, 1.807) is 18.2 Å². The first-order valence-electron chi connectivity index (χ1n) is 5.37. The lowest BCUT2D eigenvalue weighted by atomic mass is 9.91. The van der Waals surface area contributed by atoms with Gasteiger partial charge in [-0.3, -0.25) is 9.59 Å². The van der Waals surface area contributed by atoms with E-state index in [-0.39, 0.29) is 18.2 Å². The number of hydrogen-bond donors (Lipinski definition) is 2. The monoisotopic (exact) mass is 253 g/mol. The van der Waals surface area contributed by atoms with Gasteiger partial charge in [0.15, 0.2) is 0 Å². The van der Waals surface area contributed by atoms with Gasteiger partial charge in [0.2, 0.25) is 5.91 Å². The van der Waals surface area contributed by atoms with Crippen LogP contribution in [0.15, 0.2) is 18.2 Å². The van der Waals surface area contributed by atoms with Crippen molar-refractivity contribution < 1.29 is 14.7 Å². The molecule has 0 saturated heterocycles. The summed E-state index contributed by atoms with van der Waals surface area (Å²) in [5.74, 6) is -1.11. The highest BCUT2D eigenvalue weighted by Gasteiger charge is 2.24. The zero-order valence-electron chi connectivity index (χ0n) is 9.07. The van der Waals surface area contributed by atoms with Gasteiger partial charge in [0.1, 0.15) is 0 Å². The van der Waals surface area contributed by atoms with E-state index in [1.165, 1.54) is 0 Å². The molecule has 4 nitrogen and oxygen atoms in total. The van der Waals surface area contributed by atoms with Gasteiger partial charge in [-0.2, -0.15) is 0 Å². The van der Waals surface area contributed by atoms with Crippen molar-refractivity contribution in [1.82, 2.24) is 0 Å². The molecule has 1 heterocycles. The maximum Gasteiger partial charge on any atom is 0.303 e. The quantitative estimate of drug-likeness (QED) is 0.851. The highest BCUT2D eigenvalue weighted by molar-refractivity contribution is 6.30. The summed E-state index contributed by atoms with van der Waals surface area (Å²) in [5.41, 5.74) is 1.48. The molecule has 1 unspecified atom stereocenters. The number of fused-ring (bicyclic) bond motifs is 1. The molecule has 2 N–H and O–H groups in total. The van der Waals surface area contributed by atoms with E-state index in [0.29, 0.717) is 23.6 Å².